The molecule has 0 bridgehead atoms. The van der Waals surface area contributed by atoms with Crippen molar-refractivity contribution in [3.63, 3.8) is 0 Å². The molecule has 7 atom stereocenters. The van der Waals surface area contributed by atoms with Crippen molar-refractivity contribution >= 4 is 29.2 Å². The van der Waals surface area contributed by atoms with Crippen molar-refractivity contribution in [3.8, 4) is 6.07 Å². The van der Waals surface area contributed by atoms with Gasteiger partial charge in [0.25, 0.3) is 0 Å². The van der Waals surface area contributed by atoms with Gasteiger partial charge < -0.3 is 25.4 Å². The van der Waals surface area contributed by atoms with E-state index in [1.54, 1.807) is 20.8 Å². The van der Waals surface area contributed by atoms with Crippen molar-refractivity contribution in [1.82, 2.24) is 4.98 Å². The molecule has 2 aliphatic rings. The minimum atomic E-state index is -1.30. The third-order valence-corrected chi connectivity index (χ3v) is 8.77. The quantitative estimate of drug-likeness (QED) is 0.392. The van der Waals surface area contributed by atoms with Crippen molar-refractivity contribution in [1.29, 1.82) is 5.26 Å². The second kappa shape index (κ2) is 11.7. The third kappa shape index (κ3) is 6.65. The molecule has 3 heterocycles. The number of hydrogen-bond acceptors (Lipinski definition) is 10. The number of thiazole rings is 1. The molecule has 37 heavy (non-hydrogen) atoms. The van der Waals surface area contributed by atoms with Crippen LogP contribution >= 0.6 is 11.3 Å². The fraction of sp³-hybridized carbons (Fsp3) is 0.704. The minimum absolute atomic E-state index is 0.188. The zero-order valence-electron chi connectivity index (χ0n) is 22.3. The second-order valence-electron chi connectivity index (χ2n) is 11.0. The summed E-state index contributed by atoms with van der Waals surface area (Å²) in [5.74, 6) is -1.89. The van der Waals surface area contributed by atoms with Crippen molar-refractivity contribution in [2.75, 3.05) is 0 Å². The number of nitrogens with zero attached hydrogens (tertiary/aromatic N) is 2. The van der Waals surface area contributed by atoms with E-state index in [1.807, 2.05) is 25.3 Å². The number of carbonyl (C=O) groups excluding carboxylic acids is 2. The molecule has 2 fully saturated rings. The standard InChI is InChI=1S/C27H39N3O6S/c1-15-7-6-8-27(14-29)21(36-27)10-19(16(2)9-18-13-37-22(12-28)30-18)35-23(32)11-20(31)26(4,5)25(34)17(3)24(15)33/h9,13,15,17,19-21,24,31,33H,6-8,10-12,28H2,1-5H3/t15-,17+,19-,20-,21-,24-,27-/m0/s1. The molecule has 0 spiro atoms. The lowest BCUT2D eigenvalue weighted by Gasteiger charge is -2.34. The third-order valence-electron chi connectivity index (χ3n) is 7.88. The van der Waals surface area contributed by atoms with Gasteiger partial charge in [-0.25, -0.2) is 4.98 Å². The van der Waals surface area contributed by atoms with E-state index >= 15 is 0 Å². The zero-order valence-corrected chi connectivity index (χ0v) is 23.1. The van der Waals surface area contributed by atoms with Crippen LogP contribution in [-0.4, -0.2) is 57.0 Å². The molecule has 1 aromatic rings. The number of Topliss-reactive ketones (excluding diaryl/α,β-unsaturated/α-hetero) is 1. The highest BCUT2D eigenvalue weighted by Crippen LogP contribution is 2.45. The Labute approximate surface area is 222 Å². The van der Waals surface area contributed by atoms with E-state index < -0.39 is 47.3 Å². The first-order valence-electron chi connectivity index (χ1n) is 12.9. The summed E-state index contributed by atoms with van der Waals surface area (Å²) in [7, 11) is 0. The summed E-state index contributed by atoms with van der Waals surface area (Å²) in [5, 5.41) is 34.2. The normalized spacial score (nSPS) is 35.8. The number of ketones is 1. The monoisotopic (exact) mass is 533 g/mol. The van der Waals surface area contributed by atoms with Crippen LogP contribution in [0.15, 0.2) is 11.0 Å². The summed E-state index contributed by atoms with van der Waals surface area (Å²) >= 11 is 1.44. The summed E-state index contributed by atoms with van der Waals surface area (Å²) in [5.41, 5.74) is 4.86. The van der Waals surface area contributed by atoms with Crippen LogP contribution in [0.25, 0.3) is 6.08 Å². The maximum Gasteiger partial charge on any atom is 0.309 e. The van der Waals surface area contributed by atoms with E-state index in [4.69, 9.17) is 15.2 Å². The highest BCUT2D eigenvalue weighted by Gasteiger charge is 2.57. The predicted octanol–water partition coefficient (Wildman–Crippen LogP) is 3.13. The van der Waals surface area contributed by atoms with E-state index in [0.29, 0.717) is 31.5 Å². The topological polar surface area (TPSA) is 159 Å². The largest absolute Gasteiger partial charge is 0.458 e. The summed E-state index contributed by atoms with van der Waals surface area (Å²) in [6.07, 6.45) is 0.128. The highest BCUT2D eigenvalue weighted by atomic mass is 32.1. The van der Waals surface area contributed by atoms with Gasteiger partial charge in [-0.2, -0.15) is 5.26 Å². The molecule has 0 amide bonds. The van der Waals surface area contributed by atoms with Gasteiger partial charge in [-0.15, -0.1) is 11.3 Å². The summed E-state index contributed by atoms with van der Waals surface area (Å²) < 4.78 is 11.6. The molecule has 0 aromatic carbocycles. The molecule has 1 aromatic heterocycles. The fourth-order valence-electron chi connectivity index (χ4n) is 5.04. The van der Waals surface area contributed by atoms with Gasteiger partial charge in [-0.05, 0) is 43.8 Å². The molecule has 0 unspecified atom stereocenters. The van der Waals surface area contributed by atoms with Gasteiger partial charge in [-0.1, -0.05) is 27.7 Å². The summed E-state index contributed by atoms with van der Waals surface area (Å²) in [6.45, 7) is 8.85. The smallest absolute Gasteiger partial charge is 0.309 e. The lowest BCUT2D eigenvalue weighted by Crippen LogP contribution is -2.45. The number of aliphatic hydroxyl groups excluding tert-OH is 2. The Morgan fingerprint density at radius 1 is 1.35 bits per heavy atom. The number of ether oxygens (including phenoxy) is 2. The van der Waals surface area contributed by atoms with E-state index in [2.05, 4.69) is 11.1 Å². The molecule has 9 nitrogen and oxygen atoms in total. The molecule has 3 rings (SSSR count). The number of epoxide rings is 1. The van der Waals surface area contributed by atoms with Crippen LogP contribution in [0.4, 0.5) is 0 Å². The Kier molecular flexibility index (Phi) is 9.30. The van der Waals surface area contributed by atoms with Gasteiger partial charge in [0.1, 0.15) is 29.1 Å². The molecule has 10 heteroatoms. The fourth-order valence-corrected chi connectivity index (χ4v) is 5.67. The number of carbonyl (C=O) groups is 2. The molecule has 0 saturated carbocycles. The molecule has 0 radical (unpaired) electrons. The lowest BCUT2D eigenvalue weighted by atomic mass is 9.73. The summed E-state index contributed by atoms with van der Waals surface area (Å²) in [6, 6.07) is 2.28. The molecular formula is C27H39N3O6S. The Morgan fingerprint density at radius 3 is 2.68 bits per heavy atom. The number of aliphatic hydroxyl groups is 2. The van der Waals surface area contributed by atoms with E-state index in [1.165, 1.54) is 11.3 Å². The molecule has 0 aliphatic carbocycles. The molecule has 2 saturated heterocycles. The average molecular weight is 534 g/mol. The van der Waals surface area contributed by atoms with E-state index in [9.17, 15) is 25.1 Å². The minimum Gasteiger partial charge on any atom is -0.458 e. The van der Waals surface area contributed by atoms with Gasteiger partial charge >= 0.3 is 5.97 Å². The van der Waals surface area contributed by atoms with Crippen LogP contribution in [-0.2, 0) is 25.6 Å². The van der Waals surface area contributed by atoms with Crippen molar-refractivity contribution < 1.29 is 29.3 Å². The number of esters is 1. The van der Waals surface area contributed by atoms with Crippen LogP contribution in [0.2, 0.25) is 0 Å². The number of rotatable bonds is 3. The molecular weight excluding hydrogens is 494 g/mol. The van der Waals surface area contributed by atoms with Gasteiger partial charge in [0.05, 0.1) is 29.7 Å². The Morgan fingerprint density at radius 2 is 2.05 bits per heavy atom. The first kappa shape index (κ1) is 29.4. The van der Waals surface area contributed by atoms with Crippen LogP contribution in [0.5, 0.6) is 0 Å². The number of hydrogen-bond donors (Lipinski definition) is 3. The number of aromatic nitrogens is 1. The van der Waals surface area contributed by atoms with Crippen LogP contribution in [0, 0.1) is 28.6 Å². The first-order chi connectivity index (χ1) is 17.3. The van der Waals surface area contributed by atoms with Gasteiger partial charge in [0.15, 0.2) is 5.60 Å². The number of nitrogens with two attached hydrogens (primary N) is 1. The Bertz CT molecular complexity index is 1060. The molecule has 4 N–H and O–H groups in total. The van der Waals surface area contributed by atoms with E-state index in [-0.39, 0.29) is 24.5 Å². The van der Waals surface area contributed by atoms with Crippen LogP contribution in [0.3, 0.4) is 0 Å². The van der Waals surface area contributed by atoms with Gasteiger partial charge in [0.2, 0.25) is 0 Å². The van der Waals surface area contributed by atoms with Gasteiger partial charge in [-0.3, -0.25) is 9.59 Å². The van der Waals surface area contributed by atoms with Crippen molar-refractivity contribution in [3.05, 3.63) is 21.7 Å². The average Bonchev–Trinajstić information content (AvgIpc) is 3.34. The first-order valence-corrected chi connectivity index (χ1v) is 13.7. The van der Waals surface area contributed by atoms with Crippen molar-refractivity contribution in [2.45, 2.75) is 103 Å². The summed E-state index contributed by atoms with van der Waals surface area (Å²) in [4.78, 5) is 30.6. The highest BCUT2D eigenvalue weighted by molar-refractivity contribution is 7.09. The SMILES string of the molecule is CC(=Cc1csc(CN)n1)[C@@H]1C[C@@H]2O[C@]2(C#N)CCC[C@H](C)[C@H](O)[C@@H](C)C(=O)C(C)(C)[C@@H](O)CC(=O)O1. The molecule has 2 aliphatic heterocycles. The maximum atomic E-state index is 13.2. The molecule has 204 valence electrons. The second-order valence-corrected chi connectivity index (χ2v) is 12.0. The lowest BCUT2D eigenvalue weighted by molar-refractivity contribution is -0.154. The van der Waals surface area contributed by atoms with Crippen LogP contribution in [0.1, 0.15) is 77.4 Å². The Hall–Kier alpha value is -2.16. The number of cyclic esters (lactones) is 1. The Balaban J connectivity index is 1.89. The van der Waals surface area contributed by atoms with Gasteiger partial charge in [0, 0.05) is 24.3 Å². The number of nitriles is 1. The van der Waals surface area contributed by atoms with Crippen molar-refractivity contribution in [2.24, 2.45) is 23.0 Å². The van der Waals surface area contributed by atoms with Crippen LogP contribution < -0.4 is 5.73 Å². The van der Waals surface area contributed by atoms with E-state index in [0.717, 1.165) is 10.6 Å². The predicted molar refractivity (Wildman–Crippen MR) is 139 cm³/mol. The number of fused-ring (bicyclic) bond motifs is 1. The zero-order chi connectivity index (χ0) is 27.5. The maximum absolute atomic E-state index is 13.2.